The second kappa shape index (κ2) is 4.34. The van der Waals surface area contributed by atoms with E-state index in [1.165, 1.54) is 13.8 Å². The third-order valence-corrected chi connectivity index (χ3v) is 10.3. The number of aliphatic hydroxyl groups excluding tert-OH is 2. The van der Waals surface area contributed by atoms with Crippen LogP contribution >= 0.6 is 0 Å². The lowest BCUT2D eigenvalue weighted by molar-refractivity contribution is -0.390. The molecule has 11 atom stereocenters. The molecule has 2 saturated heterocycles. The SMILES string of the molecule is CC(C)[C@@]1(O)[C@@H](O)[C@@]2(O)[C@]3(C)C[C@@]4(O)OC5([C@H](O)[C@@H](C)CC[C@@]53O)[C@@]2(O)[C@@]41C. The summed E-state index contributed by atoms with van der Waals surface area (Å²) in [7, 11) is 0. The monoisotopic (exact) mass is 400 g/mol. The number of ether oxygens (including phenoxy) is 1. The van der Waals surface area contributed by atoms with Crippen LogP contribution in [-0.2, 0) is 4.74 Å². The van der Waals surface area contributed by atoms with Crippen molar-refractivity contribution < 1.29 is 40.5 Å². The van der Waals surface area contributed by atoms with Gasteiger partial charge in [-0.15, -0.1) is 0 Å². The number of rotatable bonds is 1. The van der Waals surface area contributed by atoms with Gasteiger partial charge in [0.25, 0.3) is 0 Å². The first-order valence-electron chi connectivity index (χ1n) is 10.2. The molecule has 1 spiro atoms. The molecule has 2 aliphatic heterocycles. The highest BCUT2D eigenvalue weighted by Gasteiger charge is 3.09. The summed E-state index contributed by atoms with van der Waals surface area (Å²) in [6.07, 6.45) is -3.04. The van der Waals surface area contributed by atoms with Gasteiger partial charge < -0.3 is 40.5 Å². The van der Waals surface area contributed by atoms with Gasteiger partial charge >= 0.3 is 0 Å². The zero-order valence-corrected chi connectivity index (χ0v) is 17.0. The molecule has 6 bridgehead atoms. The predicted molar refractivity (Wildman–Crippen MR) is 94.6 cm³/mol. The Bertz CT molecular complexity index is 790. The third-order valence-electron chi connectivity index (χ3n) is 10.3. The van der Waals surface area contributed by atoms with Crippen LogP contribution in [0.15, 0.2) is 0 Å². The Morgan fingerprint density at radius 3 is 2.11 bits per heavy atom. The molecule has 8 nitrogen and oxygen atoms in total. The Morgan fingerprint density at radius 2 is 1.57 bits per heavy atom. The molecule has 7 N–H and O–H groups in total. The van der Waals surface area contributed by atoms with Gasteiger partial charge in [0.05, 0.1) is 11.5 Å². The number of hydrogen-bond acceptors (Lipinski definition) is 8. The minimum absolute atomic E-state index is 0.116. The molecule has 28 heavy (non-hydrogen) atoms. The van der Waals surface area contributed by atoms with E-state index in [4.69, 9.17) is 4.74 Å². The average Bonchev–Trinajstić information content (AvgIpc) is 2.84. The summed E-state index contributed by atoms with van der Waals surface area (Å²) in [5, 5.41) is 82.3. The second-order valence-electron chi connectivity index (χ2n) is 10.9. The number of aliphatic hydroxyl groups is 7. The first kappa shape index (κ1) is 19.6. The lowest BCUT2D eigenvalue weighted by Crippen LogP contribution is -2.75. The molecule has 1 unspecified atom stereocenters. The summed E-state index contributed by atoms with van der Waals surface area (Å²) in [4.78, 5) is 0. The van der Waals surface area contributed by atoms with Crippen molar-refractivity contribution in [1.82, 2.24) is 0 Å². The molecule has 0 aromatic rings. The molecule has 6 fully saturated rings. The van der Waals surface area contributed by atoms with Crippen molar-refractivity contribution in [2.45, 2.75) is 99.9 Å². The predicted octanol–water partition coefficient (Wildman–Crippen LogP) is -1.38. The molecule has 8 heteroatoms. The fourth-order valence-corrected chi connectivity index (χ4v) is 8.80. The lowest BCUT2D eigenvalue weighted by atomic mass is 9.52. The van der Waals surface area contributed by atoms with Crippen molar-refractivity contribution in [3.63, 3.8) is 0 Å². The highest BCUT2D eigenvalue weighted by Crippen LogP contribution is 2.90. The first-order chi connectivity index (χ1) is 12.6. The van der Waals surface area contributed by atoms with E-state index in [1.54, 1.807) is 20.8 Å². The topological polar surface area (TPSA) is 151 Å². The van der Waals surface area contributed by atoms with Crippen LogP contribution in [0.25, 0.3) is 0 Å². The van der Waals surface area contributed by atoms with Crippen LogP contribution in [0.4, 0.5) is 0 Å². The van der Waals surface area contributed by atoms with Gasteiger partial charge in [0, 0.05) is 11.8 Å². The van der Waals surface area contributed by atoms with Crippen LogP contribution in [0.3, 0.4) is 0 Å². The average molecular weight is 400 g/mol. The highest BCUT2D eigenvalue weighted by molar-refractivity contribution is 5.56. The van der Waals surface area contributed by atoms with E-state index in [0.717, 1.165) is 0 Å². The van der Waals surface area contributed by atoms with Crippen molar-refractivity contribution in [2.75, 3.05) is 0 Å². The number of hydrogen-bond donors (Lipinski definition) is 7. The zero-order valence-electron chi connectivity index (χ0n) is 17.0. The van der Waals surface area contributed by atoms with Gasteiger partial charge in [-0.05, 0) is 31.6 Å². The summed E-state index contributed by atoms with van der Waals surface area (Å²) in [6, 6.07) is 0. The van der Waals surface area contributed by atoms with Crippen molar-refractivity contribution in [1.29, 1.82) is 0 Å². The molecule has 4 aliphatic carbocycles. The molecular formula is C20H32O8. The smallest absolute Gasteiger partial charge is 0.178 e. The normalized spacial score (nSPS) is 72.1. The molecule has 6 rings (SSSR count). The zero-order chi connectivity index (χ0) is 21.1. The third kappa shape index (κ3) is 1.13. The Balaban J connectivity index is 1.97. The van der Waals surface area contributed by atoms with Crippen molar-refractivity contribution in [2.24, 2.45) is 22.7 Å². The Kier molecular flexibility index (Phi) is 3.04. The van der Waals surface area contributed by atoms with E-state index >= 15 is 0 Å². The maximum absolute atomic E-state index is 12.3. The second-order valence-corrected chi connectivity index (χ2v) is 10.9. The summed E-state index contributed by atoms with van der Waals surface area (Å²) in [5.41, 5.74) is -14.7. The van der Waals surface area contributed by atoms with Gasteiger partial charge in [-0.2, -0.15) is 0 Å². The molecule has 160 valence electrons. The van der Waals surface area contributed by atoms with Gasteiger partial charge in [0.1, 0.15) is 28.5 Å². The van der Waals surface area contributed by atoms with Crippen molar-refractivity contribution in [3.05, 3.63) is 0 Å². The minimum atomic E-state index is -2.49. The summed E-state index contributed by atoms with van der Waals surface area (Å²) < 4.78 is 6.05. The Labute approximate surface area is 163 Å². The first-order valence-corrected chi connectivity index (χ1v) is 10.2. The lowest BCUT2D eigenvalue weighted by Gasteiger charge is -2.60. The molecule has 4 saturated carbocycles. The molecular weight excluding hydrogens is 368 g/mol. The molecule has 0 aromatic heterocycles. The van der Waals surface area contributed by atoms with Crippen molar-refractivity contribution in [3.8, 4) is 0 Å². The van der Waals surface area contributed by atoms with Crippen molar-refractivity contribution >= 4 is 0 Å². The van der Waals surface area contributed by atoms with E-state index in [0.29, 0.717) is 6.42 Å². The standard InChI is InChI=1S/C20H32O8/c1-9(2)17(25)12(22)18(26)13(4)8-16(24)14(17,5)20(18,27)19(28-16)11(21)10(3)6-7-15(13,19)23/h9-12,21-27H,6-8H2,1-5H3/t10-,11+,12+,13+,14-,15-,16+,17+,18+,19?,20+/m0/s1. The summed E-state index contributed by atoms with van der Waals surface area (Å²) >= 11 is 0. The van der Waals surface area contributed by atoms with Gasteiger partial charge in [0.2, 0.25) is 0 Å². The highest BCUT2D eigenvalue weighted by atomic mass is 16.7. The molecule has 6 aliphatic rings. The summed E-state index contributed by atoms with van der Waals surface area (Å²) in [6.45, 7) is 7.90. The van der Waals surface area contributed by atoms with Crippen LogP contribution in [0.5, 0.6) is 0 Å². The van der Waals surface area contributed by atoms with E-state index in [1.807, 2.05) is 0 Å². The molecule has 0 amide bonds. The fourth-order valence-electron chi connectivity index (χ4n) is 8.80. The van der Waals surface area contributed by atoms with Crippen LogP contribution in [-0.4, -0.2) is 81.7 Å². The Morgan fingerprint density at radius 1 is 1.00 bits per heavy atom. The van der Waals surface area contributed by atoms with E-state index in [2.05, 4.69) is 0 Å². The van der Waals surface area contributed by atoms with Gasteiger partial charge in [-0.25, -0.2) is 0 Å². The maximum atomic E-state index is 12.3. The van der Waals surface area contributed by atoms with Gasteiger partial charge in [-0.3, -0.25) is 0 Å². The van der Waals surface area contributed by atoms with E-state index in [-0.39, 0.29) is 12.8 Å². The van der Waals surface area contributed by atoms with E-state index in [9.17, 15) is 35.7 Å². The maximum Gasteiger partial charge on any atom is 0.178 e. The minimum Gasteiger partial charge on any atom is -0.390 e. The quantitative estimate of drug-likeness (QED) is 0.285. The fraction of sp³-hybridized carbons (Fsp3) is 1.00. The van der Waals surface area contributed by atoms with Crippen LogP contribution < -0.4 is 0 Å². The van der Waals surface area contributed by atoms with E-state index < -0.39 is 68.7 Å². The Hall–Kier alpha value is -0.320. The van der Waals surface area contributed by atoms with Crippen LogP contribution in [0, 0.1) is 22.7 Å². The van der Waals surface area contributed by atoms with Crippen LogP contribution in [0.1, 0.15) is 53.9 Å². The molecule has 0 aromatic carbocycles. The van der Waals surface area contributed by atoms with Gasteiger partial charge in [-0.1, -0.05) is 27.7 Å². The molecule has 2 heterocycles. The van der Waals surface area contributed by atoms with Gasteiger partial charge in [0.15, 0.2) is 11.4 Å². The molecule has 0 radical (unpaired) electrons. The van der Waals surface area contributed by atoms with Crippen LogP contribution in [0.2, 0.25) is 0 Å². The largest absolute Gasteiger partial charge is 0.390 e. The summed E-state index contributed by atoms with van der Waals surface area (Å²) in [5.74, 6) is -3.24.